The second-order valence-electron chi connectivity index (χ2n) is 2.91. The Kier molecular flexibility index (Phi) is 3.86. The third kappa shape index (κ3) is 2.57. The average molecular weight is 289 g/mol. The molecule has 3 nitrogen and oxygen atoms in total. The van der Waals surface area contributed by atoms with Gasteiger partial charge in [-0.25, -0.2) is 0 Å². The fourth-order valence-corrected chi connectivity index (χ4v) is 1.34. The van der Waals surface area contributed by atoms with Gasteiger partial charge in [0.1, 0.15) is 0 Å². The molecule has 0 saturated heterocycles. The molecule has 1 unspecified atom stereocenters. The zero-order chi connectivity index (χ0) is 11.5. The van der Waals surface area contributed by atoms with E-state index in [2.05, 4.69) is 15.9 Å². The first kappa shape index (κ1) is 12.2. The summed E-state index contributed by atoms with van der Waals surface area (Å²) in [7, 11) is 0. The highest BCUT2D eigenvalue weighted by atomic mass is 79.9. The molecule has 0 heterocycles. The molecule has 78 valence electrons. The molecule has 0 aromatic heterocycles. The molecule has 5 heteroatoms. The zero-order valence-electron chi connectivity index (χ0n) is 7.58. The molecule has 1 atom stereocenters. The largest absolute Gasteiger partial charge is 0.393 e. The first-order valence-corrected chi connectivity index (χ1v) is 5.22. The fraction of sp³-hybridized carbons (Fsp3) is 0.200. The van der Waals surface area contributed by atoms with Crippen LogP contribution in [0.4, 0.5) is 0 Å². The standard InChI is InChI=1S/C10H7BrClNO2/c11-10(5-13,6-14)9(15)7-1-3-8(12)4-2-7/h1-4,14H,6H2. The Morgan fingerprint density at radius 3 is 2.47 bits per heavy atom. The number of Topliss-reactive ketones (excluding diaryl/α,β-unsaturated/α-hetero) is 1. The number of halogens is 2. The number of hydrogen-bond acceptors (Lipinski definition) is 3. The van der Waals surface area contributed by atoms with Crippen LogP contribution in [-0.2, 0) is 0 Å². The number of benzene rings is 1. The summed E-state index contributed by atoms with van der Waals surface area (Å²) in [6.45, 7) is -0.578. The number of nitriles is 1. The number of ketones is 1. The van der Waals surface area contributed by atoms with Crippen molar-refractivity contribution in [1.82, 2.24) is 0 Å². The van der Waals surface area contributed by atoms with Crippen molar-refractivity contribution < 1.29 is 9.90 Å². The van der Waals surface area contributed by atoms with Crippen LogP contribution in [0.15, 0.2) is 24.3 Å². The fourth-order valence-electron chi connectivity index (χ4n) is 0.988. The Bertz CT molecular complexity index is 412. The lowest BCUT2D eigenvalue weighted by Gasteiger charge is -2.14. The number of aliphatic hydroxyl groups is 1. The third-order valence-corrected chi connectivity index (χ3v) is 2.90. The highest BCUT2D eigenvalue weighted by molar-refractivity contribution is 9.10. The lowest BCUT2D eigenvalue weighted by Crippen LogP contribution is -2.34. The van der Waals surface area contributed by atoms with Crippen LogP contribution in [0, 0.1) is 11.3 Å². The van der Waals surface area contributed by atoms with Gasteiger partial charge in [-0.1, -0.05) is 27.5 Å². The molecule has 1 aromatic rings. The quantitative estimate of drug-likeness (QED) is 0.685. The van der Waals surface area contributed by atoms with Gasteiger partial charge in [-0.2, -0.15) is 5.26 Å². The number of rotatable bonds is 3. The van der Waals surface area contributed by atoms with Crippen molar-refractivity contribution in [3.63, 3.8) is 0 Å². The number of nitrogens with zero attached hydrogens (tertiary/aromatic N) is 1. The van der Waals surface area contributed by atoms with Crippen molar-refractivity contribution in [2.75, 3.05) is 6.61 Å². The first-order chi connectivity index (χ1) is 7.03. The molecule has 0 aliphatic heterocycles. The Morgan fingerprint density at radius 2 is 2.07 bits per heavy atom. The van der Waals surface area contributed by atoms with Crippen LogP contribution < -0.4 is 0 Å². The van der Waals surface area contributed by atoms with Gasteiger partial charge in [0.05, 0.1) is 12.7 Å². The van der Waals surface area contributed by atoms with Crippen molar-refractivity contribution in [3.05, 3.63) is 34.9 Å². The minimum absolute atomic E-state index is 0.326. The molecule has 0 aliphatic carbocycles. The lowest BCUT2D eigenvalue weighted by atomic mass is 9.99. The summed E-state index contributed by atoms with van der Waals surface area (Å²) in [6.07, 6.45) is 0. The topological polar surface area (TPSA) is 61.1 Å². The van der Waals surface area contributed by atoms with Crippen molar-refractivity contribution in [3.8, 4) is 6.07 Å². The smallest absolute Gasteiger partial charge is 0.197 e. The predicted octanol–water partition coefficient (Wildman–Crippen LogP) is 2.17. The summed E-state index contributed by atoms with van der Waals surface area (Å²) in [6, 6.07) is 7.85. The lowest BCUT2D eigenvalue weighted by molar-refractivity contribution is 0.0936. The van der Waals surface area contributed by atoms with Gasteiger partial charge >= 0.3 is 0 Å². The molecule has 1 aromatic carbocycles. The summed E-state index contributed by atoms with van der Waals surface area (Å²) in [5, 5.41) is 18.2. The Hall–Kier alpha value is -0.890. The molecular weight excluding hydrogens is 281 g/mol. The second-order valence-corrected chi connectivity index (χ2v) is 4.70. The summed E-state index contributed by atoms with van der Waals surface area (Å²) in [5.41, 5.74) is 0.326. The van der Waals surface area contributed by atoms with Crippen LogP contribution in [-0.4, -0.2) is 21.8 Å². The van der Waals surface area contributed by atoms with Gasteiger partial charge in [-0.3, -0.25) is 4.79 Å². The van der Waals surface area contributed by atoms with Crippen LogP contribution in [0.25, 0.3) is 0 Å². The normalized spacial score (nSPS) is 14.0. The highest BCUT2D eigenvalue weighted by Crippen LogP contribution is 2.23. The zero-order valence-corrected chi connectivity index (χ0v) is 9.92. The van der Waals surface area contributed by atoms with E-state index in [1.54, 1.807) is 18.2 Å². The molecule has 0 bridgehead atoms. The van der Waals surface area contributed by atoms with E-state index in [1.807, 2.05) is 0 Å². The Morgan fingerprint density at radius 1 is 1.53 bits per heavy atom. The van der Waals surface area contributed by atoms with E-state index < -0.39 is 16.7 Å². The number of carbonyl (C=O) groups excluding carboxylic acids is 1. The molecular formula is C10H7BrClNO2. The van der Waals surface area contributed by atoms with E-state index in [4.69, 9.17) is 22.0 Å². The Labute approximate surface area is 100 Å². The van der Waals surface area contributed by atoms with Crippen molar-refractivity contribution in [2.45, 2.75) is 4.32 Å². The summed E-state index contributed by atoms with van der Waals surface area (Å²) < 4.78 is -1.57. The van der Waals surface area contributed by atoms with Gasteiger partial charge in [0.25, 0.3) is 0 Å². The summed E-state index contributed by atoms with van der Waals surface area (Å²) >= 11 is 8.57. The van der Waals surface area contributed by atoms with Crippen LogP contribution in [0.1, 0.15) is 10.4 Å². The van der Waals surface area contributed by atoms with E-state index >= 15 is 0 Å². The minimum Gasteiger partial charge on any atom is -0.393 e. The van der Waals surface area contributed by atoms with Crippen molar-refractivity contribution in [1.29, 1.82) is 5.26 Å². The molecule has 1 N–H and O–H groups in total. The highest BCUT2D eigenvalue weighted by Gasteiger charge is 2.35. The second kappa shape index (κ2) is 4.75. The van der Waals surface area contributed by atoms with Crippen LogP contribution >= 0.6 is 27.5 Å². The number of alkyl halides is 1. The van der Waals surface area contributed by atoms with E-state index in [9.17, 15) is 4.79 Å². The molecule has 0 radical (unpaired) electrons. The summed E-state index contributed by atoms with van der Waals surface area (Å²) in [5.74, 6) is -0.482. The maximum absolute atomic E-state index is 11.8. The van der Waals surface area contributed by atoms with Crippen molar-refractivity contribution in [2.24, 2.45) is 0 Å². The van der Waals surface area contributed by atoms with Gasteiger partial charge in [0.2, 0.25) is 0 Å². The van der Waals surface area contributed by atoms with Gasteiger partial charge in [0.15, 0.2) is 10.1 Å². The van der Waals surface area contributed by atoms with E-state index in [0.717, 1.165) is 0 Å². The van der Waals surface area contributed by atoms with Crippen LogP contribution in [0.2, 0.25) is 5.02 Å². The van der Waals surface area contributed by atoms with Gasteiger partial charge in [0, 0.05) is 10.6 Å². The molecule has 0 saturated carbocycles. The monoisotopic (exact) mass is 287 g/mol. The summed E-state index contributed by atoms with van der Waals surface area (Å²) in [4.78, 5) is 11.8. The SMILES string of the molecule is N#CC(Br)(CO)C(=O)c1ccc(Cl)cc1. The predicted molar refractivity (Wildman–Crippen MR) is 60.1 cm³/mol. The number of hydrogen-bond donors (Lipinski definition) is 1. The van der Waals surface area contributed by atoms with Crippen molar-refractivity contribution >= 4 is 33.3 Å². The molecule has 0 aliphatic rings. The van der Waals surface area contributed by atoms with Crippen LogP contribution in [0.3, 0.4) is 0 Å². The van der Waals surface area contributed by atoms with E-state index in [0.29, 0.717) is 10.6 Å². The minimum atomic E-state index is -1.57. The van der Waals surface area contributed by atoms with E-state index in [-0.39, 0.29) is 0 Å². The molecule has 15 heavy (non-hydrogen) atoms. The third-order valence-electron chi connectivity index (χ3n) is 1.86. The molecule has 0 fully saturated rings. The molecule has 1 rings (SSSR count). The molecule has 0 spiro atoms. The Balaban J connectivity index is 3.05. The molecule has 0 amide bonds. The van der Waals surface area contributed by atoms with Gasteiger partial charge in [-0.15, -0.1) is 0 Å². The average Bonchev–Trinajstić information content (AvgIpc) is 2.28. The maximum Gasteiger partial charge on any atom is 0.197 e. The van der Waals surface area contributed by atoms with E-state index in [1.165, 1.54) is 12.1 Å². The first-order valence-electron chi connectivity index (χ1n) is 4.05. The van der Waals surface area contributed by atoms with Gasteiger partial charge in [-0.05, 0) is 24.3 Å². The van der Waals surface area contributed by atoms with Crippen LogP contribution in [0.5, 0.6) is 0 Å². The number of aliphatic hydroxyl groups excluding tert-OH is 1. The maximum atomic E-state index is 11.8. The van der Waals surface area contributed by atoms with Gasteiger partial charge < -0.3 is 5.11 Å². The number of carbonyl (C=O) groups is 1.